The Morgan fingerprint density at radius 2 is 1.70 bits per heavy atom. The van der Waals surface area contributed by atoms with Crippen molar-refractivity contribution in [2.75, 3.05) is 0 Å². The number of rotatable bonds is 2. The first-order chi connectivity index (χ1) is 9.56. The topological polar surface area (TPSA) is 82.1 Å². The predicted molar refractivity (Wildman–Crippen MR) is 73.4 cm³/mol. The lowest BCUT2D eigenvalue weighted by atomic mass is 9.99. The molecule has 3 aromatic rings. The van der Waals surface area contributed by atoms with Crippen molar-refractivity contribution in [3.05, 3.63) is 51.6 Å². The molecule has 0 fully saturated rings. The number of benzene rings is 2. The Balaban J connectivity index is 2.30. The summed E-state index contributed by atoms with van der Waals surface area (Å²) in [5, 5.41) is 18.4. The zero-order valence-corrected chi connectivity index (χ0v) is 11.0. The van der Waals surface area contributed by atoms with Crippen LogP contribution in [0.25, 0.3) is 22.2 Å². The molecule has 0 bridgehead atoms. The van der Waals surface area contributed by atoms with Crippen LogP contribution in [0.1, 0.15) is 11.1 Å². The van der Waals surface area contributed by atoms with Gasteiger partial charge in [0.25, 0.3) is 0 Å². The highest BCUT2D eigenvalue weighted by molar-refractivity contribution is 5.96. The average molecular weight is 269 g/mol. The Kier molecular flexibility index (Phi) is 2.71. The molecule has 0 amide bonds. The van der Waals surface area contributed by atoms with E-state index in [0.717, 1.165) is 22.3 Å². The number of aromatic nitrogens is 2. The first kappa shape index (κ1) is 12.3. The molecule has 1 heterocycles. The van der Waals surface area contributed by atoms with Gasteiger partial charge in [0.1, 0.15) is 5.52 Å². The van der Waals surface area contributed by atoms with Gasteiger partial charge in [-0.2, -0.15) is 0 Å². The largest absolute Gasteiger partial charge is 0.300 e. The summed E-state index contributed by atoms with van der Waals surface area (Å²) in [4.78, 5) is 10.5. The van der Waals surface area contributed by atoms with Crippen LogP contribution in [0, 0.1) is 24.0 Å². The van der Waals surface area contributed by atoms with E-state index in [4.69, 9.17) is 0 Å². The maximum absolute atomic E-state index is 11.0. The molecule has 100 valence electrons. The average Bonchev–Trinajstić information content (AvgIpc) is 2.84. The molecule has 0 saturated carbocycles. The third-order valence-corrected chi connectivity index (χ3v) is 3.12. The van der Waals surface area contributed by atoms with Crippen molar-refractivity contribution in [1.82, 2.24) is 10.3 Å². The van der Waals surface area contributed by atoms with Crippen LogP contribution in [0.15, 0.2) is 35.0 Å². The molecule has 1 aromatic heterocycles. The molecule has 0 spiro atoms. The lowest BCUT2D eigenvalue weighted by Crippen LogP contribution is -1.91. The van der Waals surface area contributed by atoms with Crippen molar-refractivity contribution in [3.63, 3.8) is 0 Å². The molecule has 6 heteroatoms. The van der Waals surface area contributed by atoms with Crippen LogP contribution in [-0.4, -0.2) is 15.2 Å². The molecule has 3 rings (SSSR count). The third-order valence-electron chi connectivity index (χ3n) is 3.12. The fourth-order valence-corrected chi connectivity index (χ4v) is 2.36. The number of nitro groups is 1. The van der Waals surface area contributed by atoms with Crippen molar-refractivity contribution in [3.8, 4) is 11.1 Å². The van der Waals surface area contributed by atoms with Crippen LogP contribution in [0.4, 0.5) is 5.69 Å². The van der Waals surface area contributed by atoms with Crippen molar-refractivity contribution in [1.29, 1.82) is 0 Å². The van der Waals surface area contributed by atoms with Crippen LogP contribution in [0.2, 0.25) is 0 Å². The summed E-state index contributed by atoms with van der Waals surface area (Å²) >= 11 is 0. The third kappa shape index (κ3) is 1.91. The standard InChI is InChI=1S/C14H11N3O3/c1-8-5-9(2)7-10(6-8)11-3-4-12(17(18)19)14-13(11)15-20-16-14/h3-7H,1-2H3. The van der Waals surface area contributed by atoms with E-state index in [1.54, 1.807) is 6.07 Å². The van der Waals surface area contributed by atoms with E-state index in [0.29, 0.717) is 5.52 Å². The normalized spacial score (nSPS) is 10.9. The number of aryl methyl sites for hydroxylation is 2. The van der Waals surface area contributed by atoms with Gasteiger partial charge in [0.2, 0.25) is 5.52 Å². The summed E-state index contributed by atoms with van der Waals surface area (Å²) in [5.74, 6) is 0. The van der Waals surface area contributed by atoms with Crippen molar-refractivity contribution in [2.24, 2.45) is 0 Å². The highest BCUT2D eigenvalue weighted by Gasteiger charge is 2.20. The number of fused-ring (bicyclic) bond motifs is 1. The van der Waals surface area contributed by atoms with Crippen molar-refractivity contribution in [2.45, 2.75) is 13.8 Å². The van der Waals surface area contributed by atoms with Gasteiger partial charge in [0, 0.05) is 11.6 Å². The summed E-state index contributed by atoms with van der Waals surface area (Å²) in [5.41, 5.74) is 4.42. The maximum Gasteiger partial charge on any atom is 0.300 e. The van der Waals surface area contributed by atoms with E-state index in [9.17, 15) is 10.1 Å². The molecule has 0 aliphatic heterocycles. The molecule has 6 nitrogen and oxygen atoms in total. The van der Waals surface area contributed by atoms with Gasteiger partial charge in [-0.15, -0.1) is 0 Å². The highest BCUT2D eigenvalue weighted by atomic mass is 16.6. The Bertz CT molecular complexity index is 803. The molecule has 2 aromatic carbocycles. The van der Waals surface area contributed by atoms with Crippen LogP contribution < -0.4 is 0 Å². The van der Waals surface area contributed by atoms with Crippen LogP contribution >= 0.6 is 0 Å². The van der Waals surface area contributed by atoms with Gasteiger partial charge in [0.05, 0.1) is 4.92 Å². The number of hydrogen-bond acceptors (Lipinski definition) is 5. The smallest absolute Gasteiger partial charge is 0.258 e. The van der Waals surface area contributed by atoms with Gasteiger partial charge in [-0.25, -0.2) is 4.63 Å². The Hall–Kier alpha value is -2.76. The van der Waals surface area contributed by atoms with Gasteiger partial charge in [-0.3, -0.25) is 10.1 Å². The second kappa shape index (κ2) is 4.41. The zero-order chi connectivity index (χ0) is 14.3. The van der Waals surface area contributed by atoms with Gasteiger partial charge in [-0.1, -0.05) is 29.3 Å². The molecule has 0 saturated heterocycles. The minimum atomic E-state index is -0.488. The summed E-state index contributed by atoms with van der Waals surface area (Å²) in [6.45, 7) is 4.00. The van der Waals surface area contributed by atoms with E-state index in [1.165, 1.54) is 6.07 Å². The minimum absolute atomic E-state index is 0.102. The first-order valence-corrected chi connectivity index (χ1v) is 6.04. The van der Waals surface area contributed by atoms with Gasteiger partial charge >= 0.3 is 5.69 Å². The predicted octanol–water partition coefficient (Wildman–Crippen LogP) is 3.41. The van der Waals surface area contributed by atoms with E-state index < -0.39 is 4.92 Å². The fourth-order valence-electron chi connectivity index (χ4n) is 2.36. The Morgan fingerprint density at radius 3 is 2.35 bits per heavy atom. The van der Waals surface area contributed by atoms with E-state index >= 15 is 0 Å². The Labute approximate surface area is 114 Å². The highest BCUT2D eigenvalue weighted by Crippen LogP contribution is 2.32. The van der Waals surface area contributed by atoms with Crippen LogP contribution in [-0.2, 0) is 0 Å². The van der Waals surface area contributed by atoms with Crippen LogP contribution in [0.3, 0.4) is 0 Å². The van der Waals surface area contributed by atoms with Crippen molar-refractivity contribution >= 4 is 16.7 Å². The monoisotopic (exact) mass is 269 g/mol. The molecule has 0 aliphatic carbocycles. The van der Waals surface area contributed by atoms with E-state index in [-0.39, 0.29) is 11.2 Å². The number of non-ortho nitro benzene ring substituents is 1. The molecule has 0 unspecified atom stereocenters. The second-order valence-corrected chi connectivity index (χ2v) is 4.73. The molecule has 0 atom stereocenters. The van der Waals surface area contributed by atoms with Crippen LogP contribution in [0.5, 0.6) is 0 Å². The summed E-state index contributed by atoms with van der Waals surface area (Å²) < 4.78 is 4.67. The zero-order valence-electron chi connectivity index (χ0n) is 11.0. The molecule has 0 aliphatic rings. The summed E-state index contributed by atoms with van der Waals surface area (Å²) in [6.07, 6.45) is 0. The first-order valence-electron chi connectivity index (χ1n) is 6.04. The van der Waals surface area contributed by atoms with Gasteiger partial charge in [-0.05, 0) is 35.8 Å². The molecular weight excluding hydrogens is 258 g/mol. The lowest BCUT2D eigenvalue weighted by molar-refractivity contribution is -0.383. The molecule has 0 radical (unpaired) electrons. The fraction of sp³-hybridized carbons (Fsp3) is 0.143. The minimum Gasteiger partial charge on any atom is -0.258 e. The number of hydrogen-bond donors (Lipinski definition) is 0. The quantitative estimate of drug-likeness (QED) is 0.526. The SMILES string of the molecule is Cc1cc(C)cc(-c2ccc([N+](=O)[O-])c3nonc23)c1. The second-order valence-electron chi connectivity index (χ2n) is 4.73. The van der Waals surface area contributed by atoms with E-state index in [1.807, 2.05) is 26.0 Å². The summed E-state index contributed by atoms with van der Waals surface area (Å²) in [7, 11) is 0. The number of nitro benzene ring substituents is 1. The molecule has 0 N–H and O–H groups in total. The molecular formula is C14H11N3O3. The maximum atomic E-state index is 11.0. The van der Waals surface area contributed by atoms with Gasteiger partial charge < -0.3 is 0 Å². The Morgan fingerprint density at radius 1 is 1.05 bits per heavy atom. The lowest BCUT2D eigenvalue weighted by Gasteiger charge is -2.05. The molecule has 20 heavy (non-hydrogen) atoms. The van der Waals surface area contributed by atoms with Gasteiger partial charge in [0.15, 0.2) is 0 Å². The summed E-state index contributed by atoms with van der Waals surface area (Å²) in [6, 6.07) is 9.18. The number of nitrogens with zero attached hydrogens (tertiary/aromatic N) is 3. The van der Waals surface area contributed by atoms with E-state index in [2.05, 4.69) is 21.0 Å². The van der Waals surface area contributed by atoms with Crippen molar-refractivity contribution < 1.29 is 9.55 Å².